The minimum Gasteiger partial charge on any atom is -0.491 e. The summed E-state index contributed by atoms with van der Waals surface area (Å²) >= 11 is 0. The first-order valence-electron chi connectivity index (χ1n) is 10.1. The van der Waals surface area contributed by atoms with Crippen molar-refractivity contribution in [2.75, 3.05) is 18.1 Å². The van der Waals surface area contributed by atoms with Gasteiger partial charge in [-0.05, 0) is 41.5 Å². The number of hydrogen-bond donors (Lipinski definition) is 1. The Labute approximate surface area is 173 Å². The molecule has 30 heavy (non-hydrogen) atoms. The van der Waals surface area contributed by atoms with E-state index < -0.39 is 0 Å². The molecular weight excluding hydrogens is 372 g/mol. The summed E-state index contributed by atoms with van der Waals surface area (Å²) in [6.45, 7) is 2.28. The standard InChI is InChI=1S/C25H20N4O/c1-2-4-22-21(3-1)24(9-10-26-22)29-11-12-30-25-8-7-17(13-20(25)16-29)18-5-6-19-15-27-28-23(19)14-18/h1-10,13-15H,11-12,16H2,(H,27,28). The van der Waals surface area contributed by atoms with Gasteiger partial charge in [0.25, 0.3) is 0 Å². The third-order valence-electron chi connectivity index (χ3n) is 5.78. The van der Waals surface area contributed by atoms with E-state index in [0.29, 0.717) is 6.61 Å². The summed E-state index contributed by atoms with van der Waals surface area (Å²) < 4.78 is 6.09. The molecule has 1 aliphatic rings. The van der Waals surface area contributed by atoms with E-state index in [-0.39, 0.29) is 0 Å². The summed E-state index contributed by atoms with van der Waals surface area (Å²) in [5.74, 6) is 0.960. The van der Waals surface area contributed by atoms with Crippen LogP contribution in [0.1, 0.15) is 5.56 Å². The zero-order chi connectivity index (χ0) is 19.9. The van der Waals surface area contributed by atoms with Gasteiger partial charge in [0.1, 0.15) is 12.4 Å². The molecule has 3 heterocycles. The zero-order valence-corrected chi connectivity index (χ0v) is 16.4. The van der Waals surface area contributed by atoms with E-state index in [1.165, 1.54) is 27.8 Å². The van der Waals surface area contributed by atoms with Crippen molar-refractivity contribution in [1.82, 2.24) is 15.2 Å². The number of ether oxygens (including phenoxy) is 1. The van der Waals surface area contributed by atoms with Gasteiger partial charge in [0.2, 0.25) is 0 Å². The second-order valence-corrected chi connectivity index (χ2v) is 7.61. The molecule has 0 fully saturated rings. The molecule has 1 N–H and O–H groups in total. The summed E-state index contributed by atoms with van der Waals surface area (Å²) in [5, 5.41) is 9.48. The van der Waals surface area contributed by atoms with Crippen LogP contribution in [0.3, 0.4) is 0 Å². The number of anilines is 1. The van der Waals surface area contributed by atoms with Crippen molar-refractivity contribution in [2.45, 2.75) is 6.54 Å². The van der Waals surface area contributed by atoms with Crippen LogP contribution in [0.15, 0.2) is 79.1 Å². The average Bonchev–Trinajstić information content (AvgIpc) is 3.16. The smallest absolute Gasteiger partial charge is 0.124 e. The topological polar surface area (TPSA) is 54.0 Å². The molecule has 2 aromatic heterocycles. The van der Waals surface area contributed by atoms with Gasteiger partial charge in [-0.3, -0.25) is 10.1 Å². The summed E-state index contributed by atoms with van der Waals surface area (Å²) in [4.78, 5) is 6.90. The first-order chi connectivity index (χ1) is 14.8. The predicted molar refractivity (Wildman–Crippen MR) is 120 cm³/mol. The summed E-state index contributed by atoms with van der Waals surface area (Å²) in [6, 6.07) is 23.3. The van der Waals surface area contributed by atoms with Gasteiger partial charge in [0, 0.05) is 34.8 Å². The number of rotatable bonds is 2. The minimum atomic E-state index is 0.656. The molecule has 0 atom stereocenters. The molecule has 0 spiro atoms. The van der Waals surface area contributed by atoms with Gasteiger partial charge in [0.05, 0.1) is 23.8 Å². The van der Waals surface area contributed by atoms with Gasteiger partial charge < -0.3 is 9.64 Å². The molecule has 0 amide bonds. The van der Waals surface area contributed by atoms with Gasteiger partial charge in [-0.15, -0.1) is 0 Å². The van der Waals surface area contributed by atoms with Crippen LogP contribution in [0.2, 0.25) is 0 Å². The van der Waals surface area contributed by atoms with Crippen molar-refractivity contribution in [3.63, 3.8) is 0 Å². The van der Waals surface area contributed by atoms with Gasteiger partial charge >= 0.3 is 0 Å². The van der Waals surface area contributed by atoms with Crippen molar-refractivity contribution in [3.8, 4) is 16.9 Å². The molecule has 0 aliphatic carbocycles. The molecule has 5 nitrogen and oxygen atoms in total. The van der Waals surface area contributed by atoms with Crippen LogP contribution in [-0.2, 0) is 6.54 Å². The average molecular weight is 392 g/mol. The van der Waals surface area contributed by atoms with Crippen LogP contribution in [0.5, 0.6) is 5.75 Å². The number of para-hydroxylation sites is 1. The fraction of sp³-hybridized carbons (Fsp3) is 0.120. The highest BCUT2D eigenvalue weighted by atomic mass is 16.5. The molecule has 0 saturated carbocycles. The van der Waals surface area contributed by atoms with E-state index >= 15 is 0 Å². The Morgan fingerprint density at radius 3 is 2.83 bits per heavy atom. The number of H-pyrrole nitrogens is 1. The minimum absolute atomic E-state index is 0.656. The Morgan fingerprint density at radius 2 is 1.83 bits per heavy atom. The van der Waals surface area contributed by atoms with Gasteiger partial charge in [-0.25, -0.2) is 0 Å². The quantitative estimate of drug-likeness (QED) is 0.450. The maximum atomic E-state index is 6.09. The second kappa shape index (κ2) is 6.88. The lowest BCUT2D eigenvalue weighted by atomic mass is 10.0. The lowest BCUT2D eigenvalue weighted by molar-refractivity contribution is 0.332. The summed E-state index contributed by atoms with van der Waals surface area (Å²) in [7, 11) is 0. The van der Waals surface area contributed by atoms with Gasteiger partial charge in [0.15, 0.2) is 0 Å². The molecule has 5 heteroatoms. The first-order valence-corrected chi connectivity index (χ1v) is 10.1. The molecule has 146 valence electrons. The zero-order valence-electron chi connectivity index (χ0n) is 16.4. The van der Waals surface area contributed by atoms with Crippen LogP contribution < -0.4 is 9.64 Å². The highest BCUT2D eigenvalue weighted by Gasteiger charge is 2.18. The Morgan fingerprint density at radius 1 is 0.933 bits per heavy atom. The Balaban J connectivity index is 1.40. The largest absolute Gasteiger partial charge is 0.491 e. The van der Waals surface area contributed by atoms with Gasteiger partial charge in [-0.1, -0.05) is 36.4 Å². The second-order valence-electron chi connectivity index (χ2n) is 7.61. The predicted octanol–water partition coefficient (Wildman–Crippen LogP) is 5.18. The number of hydrogen-bond acceptors (Lipinski definition) is 4. The molecule has 5 aromatic rings. The van der Waals surface area contributed by atoms with Crippen molar-refractivity contribution in [1.29, 1.82) is 0 Å². The maximum absolute atomic E-state index is 6.09. The van der Waals surface area contributed by atoms with Gasteiger partial charge in [-0.2, -0.15) is 5.10 Å². The fourth-order valence-corrected chi connectivity index (χ4v) is 4.25. The van der Waals surface area contributed by atoms with E-state index in [0.717, 1.165) is 35.3 Å². The number of aromatic nitrogens is 3. The monoisotopic (exact) mass is 392 g/mol. The van der Waals surface area contributed by atoms with Crippen molar-refractivity contribution < 1.29 is 4.74 Å². The van der Waals surface area contributed by atoms with Crippen LogP contribution in [-0.4, -0.2) is 28.3 Å². The molecule has 6 rings (SSSR count). The molecule has 0 radical (unpaired) electrons. The van der Waals surface area contributed by atoms with Crippen molar-refractivity contribution in [2.24, 2.45) is 0 Å². The Kier molecular flexibility index (Phi) is 3.91. The molecular formula is C25H20N4O. The van der Waals surface area contributed by atoms with Crippen LogP contribution in [0.25, 0.3) is 32.9 Å². The number of benzene rings is 3. The van der Waals surface area contributed by atoms with E-state index in [1.807, 2.05) is 18.5 Å². The van der Waals surface area contributed by atoms with E-state index in [4.69, 9.17) is 4.74 Å². The normalized spacial score (nSPS) is 13.8. The highest BCUT2D eigenvalue weighted by Crippen LogP contribution is 2.33. The number of aromatic amines is 1. The first kappa shape index (κ1) is 17.0. The number of nitrogens with one attached hydrogen (secondary N) is 1. The van der Waals surface area contributed by atoms with E-state index in [2.05, 4.69) is 80.7 Å². The van der Waals surface area contributed by atoms with Crippen molar-refractivity contribution >= 4 is 27.5 Å². The lowest BCUT2D eigenvalue weighted by Crippen LogP contribution is -2.25. The van der Waals surface area contributed by atoms with Crippen molar-refractivity contribution in [3.05, 3.63) is 84.7 Å². The molecule has 0 unspecified atom stereocenters. The highest BCUT2D eigenvalue weighted by molar-refractivity contribution is 5.91. The van der Waals surface area contributed by atoms with E-state index in [9.17, 15) is 0 Å². The van der Waals surface area contributed by atoms with Crippen LogP contribution in [0, 0.1) is 0 Å². The SMILES string of the molecule is c1ccc2c(N3CCOc4ccc(-c5ccc6cn[nH]c6c5)cc4C3)ccnc2c1. The lowest BCUT2D eigenvalue weighted by Gasteiger charge is -2.23. The summed E-state index contributed by atoms with van der Waals surface area (Å²) in [6.07, 6.45) is 3.74. The third kappa shape index (κ3) is 2.87. The third-order valence-corrected chi connectivity index (χ3v) is 5.78. The number of pyridine rings is 1. The Hall–Kier alpha value is -3.86. The molecule has 0 bridgehead atoms. The summed E-state index contributed by atoms with van der Waals surface area (Å²) in [5.41, 5.74) is 6.79. The van der Waals surface area contributed by atoms with Crippen LogP contribution >= 0.6 is 0 Å². The van der Waals surface area contributed by atoms with E-state index in [1.54, 1.807) is 0 Å². The number of fused-ring (bicyclic) bond motifs is 3. The molecule has 0 saturated heterocycles. The maximum Gasteiger partial charge on any atom is 0.124 e. The van der Waals surface area contributed by atoms with Crippen LogP contribution in [0.4, 0.5) is 5.69 Å². The molecule has 1 aliphatic heterocycles. The number of nitrogens with zero attached hydrogens (tertiary/aromatic N) is 3. The fourth-order valence-electron chi connectivity index (χ4n) is 4.25. The molecule has 3 aromatic carbocycles. The Bertz CT molecular complexity index is 1370.